The summed E-state index contributed by atoms with van der Waals surface area (Å²) in [6, 6.07) is 8.14. The molecular weight excluding hydrogens is 232 g/mol. The molecule has 1 heterocycles. The van der Waals surface area contributed by atoms with E-state index in [2.05, 4.69) is 15.7 Å². The van der Waals surface area contributed by atoms with Gasteiger partial charge in [0.15, 0.2) is 0 Å². The Bertz CT molecular complexity index is 494. The van der Waals surface area contributed by atoms with Crippen LogP contribution in [0.4, 0.5) is 0 Å². The van der Waals surface area contributed by atoms with E-state index in [1.54, 1.807) is 0 Å². The first-order valence-corrected chi connectivity index (χ1v) is 6.74. The van der Waals surface area contributed by atoms with Gasteiger partial charge in [0.25, 0.3) is 0 Å². The number of rotatable bonds is 3. The van der Waals surface area contributed by atoms with Gasteiger partial charge in [0, 0.05) is 5.38 Å². The highest BCUT2D eigenvalue weighted by atomic mass is 32.1. The zero-order chi connectivity index (χ0) is 11.7. The molecule has 0 bridgehead atoms. The quantitative estimate of drug-likeness (QED) is 0.905. The van der Waals surface area contributed by atoms with Crippen LogP contribution in [0.25, 0.3) is 0 Å². The Morgan fingerprint density at radius 3 is 2.76 bits per heavy atom. The van der Waals surface area contributed by atoms with Crippen LogP contribution in [0, 0.1) is 0 Å². The lowest BCUT2D eigenvalue weighted by atomic mass is 9.77. The van der Waals surface area contributed by atoms with Crippen LogP contribution in [0.15, 0.2) is 29.6 Å². The van der Waals surface area contributed by atoms with Gasteiger partial charge in [-0.15, -0.1) is 5.10 Å². The summed E-state index contributed by atoms with van der Waals surface area (Å²) in [7, 11) is 0. The summed E-state index contributed by atoms with van der Waals surface area (Å²) in [6.07, 6.45) is 3.14. The molecule has 17 heavy (non-hydrogen) atoms. The van der Waals surface area contributed by atoms with Crippen LogP contribution >= 0.6 is 11.5 Å². The molecule has 1 unspecified atom stereocenters. The normalized spacial score (nSPS) is 17.7. The summed E-state index contributed by atoms with van der Waals surface area (Å²) in [5.41, 5.74) is 2.92. The van der Waals surface area contributed by atoms with Crippen molar-refractivity contribution in [1.29, 1.82) is 0 Å². The molecule has 2 aromatic rings. The topological polar surface area (TPSA) is 46.0 Å². The van der Waals surface area contributed by atoms with Gasteiger partial charge >= 0.3 is 0 Å². The van der Waals surface area contributed by atoms with Gasteiger partial charge in [-0.05, 0) is 41.4 Å². The molecule has 0 saturated heterocycles. The molecule has 1 aliphatic carbocycles. The summed E-state index contributed by atoms with van der Waals surface area (Å²) in [5, 5.41) is 16.1. The third-order valence-electron chi connectivity index (χ3n) is 3.49. The molecule has 4 heteroatoms. The summed E-state index contributed by atoms with van der Waals surface area (Å²) < 4.78 is 3.81. The largest absolute Gasteiger partial charge is 0.382 e. The number of nitrogens with zero attached hydrogens (tertiary/aromatic N) is 2. The molecule has 3 nitrogen and oxygen atoms in total. The smallest absolute Gasteiger partial charge is 0.124 e. The van der Waals surface area contributed by atoms with Gasteiger partial charge in [-0.3, -0.25) is 0 Å². The van der Waals surface area contributed by atoms with E-state index in [4.69, 9.17) is 0 Å². The number of aromatic nitrogens is 2. The molecule has 88 valence electrons. The first kappa shape index (κ1) is 10.9. The van der Waals surface area contributed by atoms with Gasteiger partial charge in [0.1, 0.15) is 11.8 Å². The molecule has 1 aromatic carbocycles. The fourth-order valence-electron chi connectivity index (χ4n) is 2.30. The minimum Gasteiger partial charge on any atom is -0.382 e. The van der Waals surface area contributed by atoms with Crippen molar-refractivity contribution in [3.8, 4) is 0 Å². The molecular formula is C13H14N2OS. The monoisotopic (exact) mass is 246 g/mol. The molecule has 0 radical (unpaired) electrons. The van der Waals surface area contributed by atoms with Crippen molar-refractivity contribution < 1.29 is 5.11 Å². The highest BCUT2D eigenvalue weighted by Gasteiger charge is 2.25. The van der Waals surface area contributed by atoms with Gasteiger partial charge in [0.05, 0.1) is 0 Å². The average molecular weight is 246 g/mol. The van der Waals surface area contributed by atoms with Crippen molar-refractivity contribution in [2.45, 2.75) is 31.3 Å². The summed E-state index contributed by atoms with van der Waals surface area (Å²) in [4.78, 5) is 0. The van der Waals surface area contributed by atoms with E-state index in [0.717, 1.165) is 5.56 Å². The molecule has 1 aromatic heterocycles. The third-order valence-corrected chi connectivity index (χ3v) is 4.02. The van der Waals surface area contributed by atoms with Crippen LogP contribution in [0.2, 0.25) is 0 Å². The molecule has 1 fully saturated rings. The Morgan fingerprint density at radius 2 is 2.12 bits per heavy atom. The average Bonchev–Trinajstić information content (AvgIpc) is 2.80. The summed E-state index contributed by atoms with van der Waals surface area (Å²) in [5.74, 6) is 0.618. The predicted molar refractivity (Wildman–Crippen MR) is 67.0 cm³/mol. The Kier molecular flexibility index (Phi) is 2.91. The van der Waals surface area contributed by atoms with Crippen LogP contribution in [-0.4, -0.2) is 14.7 Å². The first-order valence-electron chi connectivity index (χ1n) is 5.90. The van der Waals surface area contributed by atoms with Crippen molar-refractivity contribution in [2.75, 3.05) is 0 Å². The second kappa shape index (κ2) is 4.55. The molecule has 0 aliphatic heterocycles. The van der Waals surface area contributed by atoms with E-state index in [1.165, 1.54) is 36.4 Å². The molecule has 0 spiro atoms. The summed E-state index contributed by atoms with van der Waals surface area (Å²) in [6.45, 7) is 0. The maximum atomic E-state index is 10.3. The fourth-order valence-corrected chi connectivity index (χ4v) is 2.77. The highest BCUT2D eigenvalue weighted by Crippen LogP contribution is 2.40. The van der Waals surface area contributed by atoms with E-state index in [1.807, 2.05) is 23.6 Å². The van der Waals surface area contributed by atoms with Crippen LogP contribution < -0.4 is 0 Å². The summed E-state index contributed by atoms with van der Waals surface area (Å²) >= 11 is 1.28. The van der Waals surface area contributed by atoms with E-state index in [9.17, 15) is 5.11 Å². The second-order valence-corrected chi connectivity index (χ2v) is 5.10. The maximum absolute atomic E-state index is 10.3. The van der Waals surface area contributed by atoms with Gasteiger partial charge in [0.2, 0.25) is 0 Å². The standard InChI is InChI=1S/C13H14N2OS/c16-13(12-8-17-15-14-12)11-7-2-1-6-10(11)9-4-3-5-9/h1-2,6-9,13,16H,3-5H2. The maximum Gasteiger partial charge on any atom is 0.124 e. The Hall–Kier alpha value is -1.26. The van der Waals surface area contributed by atoms with Crippen LogP contribution in [-0.2, 0) is 0 Å². The van der Waals surface area contributed by atoms with Crippen molar-refractivity contribution in [3.05, 3.63) is 46.5 Å². The minimum atomic E-state index is -0.634. The first-order chi connectivity index (χ1) is 8.36. The number of aliphatic hydroxyl groups is 1. The van der Waals surface area contributed by atoms with Crippen molar-refractivity contribution >= 4 is 11.5 Å². The molecule has 1 atom stereocenters. The molecule has 1 saturated carbocycles. The number of benzene rings is 1. The molecule has 0 amide bonds. The Labute approximate surface area is 104 Å². The third kappa shape index (κ3) is 1.98. The van der Waals surface area contributed by atoms with Gasteiger partial charge in [-0.1, -0.05) is 35.2 Å². The van der Waals surface area contributed by atoms with Crippen LogP contribution in [0.5, 0.6) is 0 Å². The fraction of sp³-hybridized carbons (Fsp3) is 0.385. The Morgan fingerprint density at radius 1 is 1.29 bits per heavy atom. The van der Waals surface area contributed by atoms with E-state index in [0.29, 0.717) is 11.6 Å². The van der Waals surface area contributed by atoms with Crippen molar-refractivity contribution in [2.24, 2.45) is 0 Å². The number of hydrogen-bond acceptors (Lipinski definition) is 4. The van der Waals surface area contributed by atoms with Crippen LogP contribution in [0.1, 0.15) is 48.1 Å². The van der Waals surface area contributed by atoms with Crippen molar-refractivity contribution in [3.63, 3.8) is 0 Å². The molecule has 3 rings (SSSR count). The molecule has 1 N–H and O–H groups in total. The lowest BCUT2D eigenvalue weighted by molar-refractivity contribution is 0.212. The van der Waals surface area contributed by atoms with Gasteiger partial charge in [-0.2, -0.15) is 0 Å². The Balaban J connectivity index is 1.96. The minimum absolute atomic E-state index is 0.618. The second-order valence-electron chi connectivity index (χ2n) is 4.49. The van der Waals surface area contributed by atoms with Crippen molar-refractivity contribution in [1.82, 2.24) is 9.59 Å². The van der Waals surface area contributed by atoms with E-state index in [-0.39, 0.29) is 0 Å². The van der Waals surface area contributed by atoms with E-state index < -0.39 is 6.10 Å². The van der Waals surface area contributed by atoms with E-state index >= 15 is 0 Å². The number of aliphatic hydroxyl groups excluding tert-OH is 1. The lowest BCUT2D eigenvalue weighted by Gasteiger charge is -2.28. The zero-order valence-electron chi connectivity index (χ0n) is 9.41. The molecule has 1 aliphatic rings. The van der Waals surface area contributed by atoms with Crippen LogP contribution in [0.3, 0.4) is 0 Å². The van der Waals surface area contributed by atoms with Gasteiger partial charge in [-0.25, -0.2) is 0 Å². The highest BCUT2D eigenvalue weighted by molar-refractivity contribution is 7.03. The zero-order valence-corrected chi connectivity index (χ0v) is 10.2. The predicted octanol–water partition coefficient (Wildman–Crippen LogP) is 2.89. The lowest BCUT2D eigenvalue weighted by Crippen LogP contribution is -2.13. The van der Waals surface area contributed by atoms with Gasteiger partial charge < -0.3 is 5.11 Å². The SMILES string of the molecule is OC(c1csnn1)c1ccccc1C1CCC1. The number of hydrogen-bond donors (Lipinski definition) is 1.